The van der Waals surface area contributed by atoms with E-state index in [0.717, 1.165) is 0 Å². The Morgan fingerprint density at radius 3 is 2.67 bits per heavy atom. The SMILES string of the molecule is CCOc1ccc(NS(=O)(=O)c2c(N)cccc2Cl)cn1. The fraction of sp³-hybridized carbons (Fsp3) is 0.154. The third kappa shape index (κ3) is 3.56. The molecule has 0 spiro atoms. The third-order valence-corrected chi connectivity index (χ3v) is 4.47. The lowest BCUT2D eigenvalue weighted by atomic mass is 10.3. The van der Waals surface area contributed by atoms with Crippen LogP contribution in [0.25, 0.3) is 0 Å². The summed E-state index contributed by atoms with van der Waals surface area (Å²) < 4.78 is 32.2. The summed E-state index contributed by atoms with van der Waals surface area (Å²) >= 11 is 5.91. The van der Waals surface area contributed by atoms with Gasteiger partial charge in [0.15, 0.2) is 0 Å². The number of nitrogens with one attached hydrogen (secondary N) is 1. The van der Waals surface area contributed by atoms with Crippen LogP contribution in [0, 0.1) is 0 Å². The lowest BCUT2D eigenvalue weighted by molar-refractivity contribution is 0.327. The van der Waals surface area contributed by atoms with Crippen molar-refractivity contribution in [2.45, 2.75) is 11.8 Å². The van der Waals surface area contributed by atoms with Crippen molar-refractivity contribution in [2.24, 2.45) is 0 Å². The molecule has 0 aliphatic carbocycles. The van der Waals surface area contributed by atoms with E-state index in [1.165, 1.54) is 18.3 Å². The van der Waals surface area contributed by atoms with Crippen molar-refractivity contribution in [3.63, 3.8) is 0 Å². The van der Waals surface area contributed by atoms with Gasteiger partial charge in [-0.05, 0) is 25.1 Å². The quantitative estimate of drug-likeness (QED) is 0.823. The molecule has 0 aliphatic rings. The molecule has 0 radical (unpaired) electrons. The summed E-state index contributed by atoms with van der Waals surface area (Å²) in [6.07, 6.45) is 1.36. The number of nitrogens with zero attached hydrogens (tertiary/aromatic N) is 1. The van der Waals surface area contributed by atoms with Gasteiger partial charge in [-0.1, -0.05) is 17.7 Å². The molecular weight excluding hydrogens is 314 g/mol. The van der Waals surface area contributed by atoms with E-state index in [-0.39, 0.29) is 21.3 Å². The molecule has 0 bridgehead atoms. The summed E-state index contributed by atoms with van der Waals surface area (Å²) in [5.74, 6) is 0.415. The Labute approximate surface area is 128 Å². The van der Waals surface area contributed by atoms with Gasteiger partial charge in [0.05, 0.1) is 29.2 Å². The first kappa shape index (κ1) is 15.4. The van der Waals surface area contributed by atoms with Crippen molar-refractivity contribution in [2.75, 3.05) is 17.1 Å². The number of nitrogen functional groups attached to an aromatic ring is 1. The van der Waals surface area contributed by atoms with Gasteiger partial charge in [-0.25, -0.2) is 13.4 Å². The maximum atomic E-state index is 12.3. The average molecular weight is 328 g/mol. The van der Waals surface area contributed by atoms with Crippen molar-refractivity contribution in [1.29, 1.82) is 0 Å². The molecule has 2 rings (SSSR count). The number of rotatable bonds is 5. The first-order chi connectivity index (χ1) is 9.94. The molecule has 0 saturated carbocycles. The second-order valence-electron chi connectivity index (χ2n) is 4.08. The summed E-state index contributed by atoms with van der Waals surface area (Å²) in [7, 11) is -3.89. The van der Waals surface area contributed by atoms with Crippen LogP contribution in [0.1, 0.15) is 6.92 Å². The minimum Gasteiger partial charge on any atom is -0.478 e. The zero-order valence-electron chi connectivity index (χ0n) is 11.2. The second-order valence-corrected chi connectivity index (χ2v) is 6.11. The van der Waals surface area contributed by atoms with Crippen LogP contribution in [-0.2, 0) is 10.0 Å². The Hall–Kier alpha value is -1.99. The van der Waals surface area contributed by atoms with E-state index in [1.54, 1.807) is 18.2 Å². The van der Waals surface area contributed by atoms with E-state index in [9.17, 15) is 8.42 Å². The number of benzene rings is 1. The molecule has 0 saturated heterocycles. The summed E-state index contributed by atoms with van der Waals surface area (Å²) in [6, 6.07) is 7.62. The molecule has 0 atom stereocenters. The first-order valence-electron chi connectivity index (χ1n) is 6.09. The zero-order valence-corrected chi connectivity index (χ0v) is 12.8. The van der Waals surface area contributed by atoms with Gasteiger partial charge in [0.25, 0.3) is 10.0 Å². The molecule has 0 unspecified atom stereocenters. The van der Waals surface area contributed by atoms with Gasteiger partial charge in [0, 0.05) is 6.07 Å². The van der Waals surface area contributed by atoms with Gasteiger partial charge in [-0.2, -0.15) is 0 Å². The molecule has 1 aromatic carbocycles. The minimum atomic E-state index is -3.89. The Bertz CT molecular complexity index is 713. The second kappa shape index (κ2) is 6.19. The zero-order chi connectivity index (χ0) is 15.5. The van der Waals surface area contributed by atoms with Crippen LogP contribution >= 0.6 is 11.6 Å². The Balaban J connectivity index is 2.29. The number of hydrogen-bond acceptors (Lipinski definition) is 5. The third-order valence-electron chi connectivity index (χ3n) is 2.55. The van der Waals surface area contributed by atoms with Crippen LogP contribution in [-0.4, -0.2) is 20.0 Å². The van der Waals surface area contributed by atoms with E-state index in [1.807, 2.05) is 6.92 Å². The van der Waals surface area contributed by atoms with Crippen LogP contribution < -0.4 is 15.2 Å². The molecule has 1 heterocycles. The predicted molar refractivity (Wildman–Crippen MR) is 82.1 cm³/mol. The van der Waals surface area contributed by atoms with Gasteiger partial charge in [-0.3, -0.25) is 4.72 Å². The highest BCUT2D eigenvalue weighted by Gasteiger charge is 2.21. The van der Waals surface area contributed by atoms with Crippen LogP contribution in [0.3, 0.4) is 0 Å². The highest BCUT2D eigenvalue weighted by atomic mass is 35.5. The molecule has 21 heavy (non-hydrogen) atoms. The molecule has 0 amide bonds. The molecule has 0 aliphatic heterocycles. The number of hydrogen-bond donors (Lipinski definition) is 2. The smallest absolute Gasteiger partial charge is 0.265 e. The Morgan fingerprint density at radius 2 is 2.10 bits per heavy atom. The van der Waals surface area contributed by atoms with Gasteiger partial charge in [0.2, 0.25) is 5.88 Å². The highest BCUT2D eigenvalue weighted by molar-refractivity contribution is 7.93. The van der Waals surface area contributed by atoms with E-state index in [4.69, 9.17) is 22.1 Å². The van der Waals surface area contributed by atoms with E-state index in [0.29, 0.717) is 12.5 Å². The van der Waals surface area contributed by atoms with Crippen molar-refractivity contribution in [3.8, 4) is 5.88 Å². The summed E-state index contributed by atoms with van der Waals surface area (Å²) in [6.45, 7) is 2.31. The molecule has 112 valence electrons. The van der Waals surface area contributed by atoms with Gasteiger partial charge < -0.3 is 10.5 Å². The number of pyridine rings is 1. The predicted octanol–water partition coefficient (Wildman–Crippen LogP) is 2.52. The maximum Gasteiger partial charge on any atom is 0.265 e. The molecule has 6 nitrogen and oxygen atoms in total. The topological polar surface area (TPSA) is 94.3 Å². The van der Waals surface area contributed by atoms with E-state index >= 15 is 0 Å². The lowest BCUT2D eigenvalue weighted by Crippen LogP contribution is -2.15. The van der Waals surface area contributed by atoms with Crippen LogP contribution in [0.2, 0.25) is 5.02 Å². The maximum absolute atomic E-state index is 12.3. The van der Waals surface area contributed by atoms with Crippen molar-refractivity contribution in [3.05, 3.63) is 41.6 Å². The minimum absolute atomic E-state index is 0.0568. The normalized spacial score (nSPS) is 11.1. The van der Waals surface area contributed by atoms with Gasteiger partial charge in [-0.15, -0.1) is 0 Å². The number of nitrogens with two attached hydrogens (primary N) is 1. The van der Waals surface area contributed by atoms with Crippen LogP contribution in [0.15, 0.2) is 41.4 Å². The number of halogens is 1. The number of sulfonamides is 1. The molecule has 3 N–H and O–H groups in total. The highest BCUT2D eigenvalue weighted by Crippen LogP contribution is 2.28. The molecule has 0 fully saturated rings. The van der Waals surface area contributed by atoms with Crippen LogP contribution in [0.4, 0.5) is 11.4 Å². The van der Waals surface area contributed by atoms with Crippen molar-refractivity contribution < 1.29 is 13.2 Å². The summed E-state index contributed by atoms with van der Waals surface area (Å²) in [4.78, 5) is 3.83. The monoisotopic (exact) mass is 327 g/mol. The molecule has 2 aromatic rings. The summed E-state index contributed by atoms with van der Waals surface area (Å²) in [5.41, 5.74) is 6.05. The fourth-order valence-electron chi connectivity index (χ4n) is 1.69. The number of anilines is 2. The first-order valence-corrected chi connectivity index (χ1v) is 7.96. The molecule has 8 heteroatoms. The van der Waals surface area contributed by atoms with E-state index < -0.39 is 10.0 Å². The number of ether oxygens (including phenoxy) is 1. The van der Waals surface area contributed by atoms with Crippen molar-refractivity contribution in [1.82, 2.24) is 4.98 Å². The van der Waals surface area contributed by atoms with Crippen molar-refractivity contribution >= 4 is 33.0 Å². The summed E-state index contributed by atoms with van der Waals surface area (Å²) in [5, 5.41) is 0.0568. The van der Waals surface area contributed by atoms with Crippen LogP contribution in [0.5, 0.6) is 5.88 Å². The number of aromatic nitrogens is 1. The van der Waals surface area contributed by atoms with E-state index in [2.05, 4.69) is 9.71 Å². The fourth-order valence-corrected chi connectivity index (χ4v) is 3.41. The lowest BCUT2D eigenvalue weighted by Gasteiger charge is -2.11. The average Bonchev–Trinajstić information content (AvgIpc) is 2.40. The molecule has 1 aromatic heterocycles. The van der Waals surface area contributed by atoms with Gasteiger partial charge in [0.1, 0.15) is 4.90 Å². The molecular formula is C13H14ClN3O3S. The Morgan fingerprint density at radius 1 is 1.33 bits per heavy atom. The Kier molecular flexibility index (Phi) is 4.54. The largest absolute Gasteiger partial charge is 0.478 e. The van der Waals surface area contributed by atoms with Gasteiger partial charge >= 0.3 is 0 Å². The standard InChI is InChI=1S/C13H14ClN3O3S/c1-2-20-12-7-6-9(8-16-12)17-21(18,19)13-10(14)4-3-5-11(13)15/h3-8,17H,2,15H2,1H3.